The summed E-state index contributed by atoms with van der Waals surface area (Å²) in [4.78, 5) is 26.5. The van der Waals surface area contributed by atoms with Crippen molar-refractivity contribution in [3.8, 4) is 5.75 Å². The standard InChI is InChI=1S/C25H24Cl2N4O8S2/c1-4-15(9-24-30(13-22(32)28-40(2,34)35)18-11-16(26)5-7-20(18)38-24)10-25-31(14-23(33)29-41(3,36)37)19-12-17(27)6-8-21(19)39-25/h5-12H,4,13-14H2,1-3H3,(H-,28,29,32,33,34,35)/p+1. The second-order valence-electron chi connectivity index (χ2n) is 9.04. The van der Waals surface area contributed by atoms with Crippen molar-refractivity contribution in [3.63, 3.8) is 0 Å². The molecule has 1 atom stereocenters. The number of hydrogen-bond acceptors (Lipinski definition) is 8. The Balaban J connectivity index is 1.78. The van der Waals surface area contributed by atoms with Gasteiger partial charge in [-0.2, -0.15) is 0 Å². The Morgan fingerprint density at radius 1 is 1.12 bits per heavy atom. The van der Waals surface area contributed by atoms with Gasteiger partial charge in [0.25, 0.3) is 17.3 Å². The summed E-state index contributed by atoms with van der Waals surface area (Å²) in [5.41, 5.74) is 1.93. The van der Waals surface area contributed by atoms with E-state index in [0.29, 0.717) is 44.6 Å². The van der Waals surface area contributed by atoms with Gasteiger partial charge in [0.1, 0.15) is 6.54 Å². The number of carbonyl (C=O) groups is 2. The van der Waals surface area contributed by atoms with Gasteiger partial charge < -0.3 is 13.7 Å². The van der Waals surface area contributed by atoms with E-state index in [0.717, 1.165) is 12.5 Å². The topological polar surface area (TPSA) is 159 Å². The Hall–Kier alpha value is -3.43. The lowest BCUT2D eigenvalue weighted by Gasteiger charge is -2.16. The summed E-state index contributed by atoms with van der Waals surface area (Å²) < 4.78 is 63.0. The van der Waals surface area contributed by atoms with Crippen LogP contribution in [0.1, 0.15) is 19.2 Å². The van der Waals surface area contributed by atoms with Crippen LogP contribution >= 0.6 is 23.2 Å². The van der Waals surface area contributed by atoms with Crippen molar-refractivity contribution in [1.29, 1.82) is 0 Å². The number of benzene rings is 2. The van der Waals surface area contributed by atoms with Crippen LogP contribution in [0.15, 0.2) is 62.7 Å². The van der Waals surface area contributed by atoms with Gasteiger partial charge in [0.15, 0.2) is 15.8 Å². The molecule has 41 heavy (non-hydrogen) atoms. The fourth-order valence-electron chi connectivity index (χ4n) is 3.99. The third-order valence-corrected chi connectivity index (χ3v) is 7.19. The van der Waals surface area contributed by atoms with Crippen LogP contribution in [0.3, 0.4) is 0 Å². The highest BCUT2D eigenvalue weighted by atomic mass is 35.5. The van der Waals surface area contributed by atoms with Gasteiger partial charge in [-0.05, 0) is 42.3 Å². The predicted octanol–water partition coefficient (Wildman–Crippen LogP) is 3.73. The second-order valence-corrected chi connectivity index (χ2v) is 13.4. The number of fused-ring (bicyclic) bond motifs is 2. The first kappa shape index (κ1) is 30.5. The number of nitrogens with zero attached hydrogens (tertiary/aromatic N) is 3. The minimum atomic E-state index is -3.80. The van der Waals surface area contributed by atoms with E-state index in [4.69, 9.17) is 32.4 Å². The monoisotopic (exact) mass is 643 g/mol. The number of nitrogens with one attached hydrogen (secondary N) is 1. The molecule has 4 rings (SSSR count). The van der Waals surface area contributed by atoms with E-state index in [9.17, 15) is 26.8 Å². The number of rotatable bonds is 8. The summed E-state index contributed by atoms with van der Waals surface area (Å²) >= 11 is 12.3. The fourth-order valence-corrected chi connectivity index (χ4v) is 5.23. The molecule has 16 heteroatoms. The second kappa shape index (κ2) is 11.8. The Morgan fingerprint density at radius 2 is 1.80 bits per heavy atom. The number of hydrogen-bond donors (Lipinski definition) is 2. The number of allylic oxidation sites excluding steroid dienone is 2. The van der Waals surface area contributed by atoms with Crippen LogP contribution in [0.5, 0.6) is 5.75 Å². The Bertz CT molecular complexity index is 1850. The van der Waals surface area contributed by atoms with E-state index in [1.807, 2.05) is 11.6 Å². The van der Waals surface area contributed by atoms with Crippen LogP contribution in [0.25, 0.3) is 17.2 Å². The van der Waals surface area contributed by atoms with Crippen LogP contribution in [0.2, 0.25) is 10.0 Å². The molecule has 2 amide bonds. The molecule has 0 aliphatic carbocycles. The van der Waals surface area contributed by atoms with E-state index in [1.54, 1.807) is 48.6 Å². The van der Waals surface area contributed by atoms with Crippen molar-refractivity contribution in [2.45, 2.75) is 19.9 Å². The molecule has 1 aliphatic heterocycles. The van der Waals surface area contributed by atoms with Crippen LogP contribution in [0.4, 0.5) is 5.69 Å². The average molecular weight is 645 g/mol. The molecule has 0 fully saturated rings. The lowest BCUT2D eigenvalue weighted by Crippen LogP contribution is -2.45. The molecule has 2 N–H and O–H groups in total. The zero-order valence-corrected chi connectivity index (χ0v) is 25.1. The first-order valence-electron chi connectivity index (χ1n) is 11.9. The molecule has 12 nitrogen and oxygen atoms in total. The van der Waals surface area contributed by atoms with Crippen molar-refractivity contribution in [1.82, 2.24) is 4.72 Å². The van der Waals surface area contributed by atoms with E-state index < -0.39 is 38.4 Å². The minimum Gasteiger partial charge on any atom is -0.439 e. The van der Waals surface area contributed by atoms with Crippen LogP contribution in [-0.2, 0) is 36.2 Å². The highest BCUT2D eigenvalue weighted by Crippen LogP contribution is 2.41. The van der Waals surface area contributed by atoms with E-state index in [1.165, 1.54) is 9.47 Å². The summed E-state index contributed by atoms with van der Waals surface area (Å²) in [6.07, 6.45) is 5.49. The number of anilines is 1. The Morgan fingerprint density at radius 3 is 2.46 bits per heavy atom. The SMILES string of the molecule is CCC(=Cc1oc2ccc(Cl)cc2[n+]1CC(=O)NS(C)(=O)=O)C=C1Oc2ccc(Cl)cc2N1CC(=O)N=S(C)(=O)O. The molecule has 3 aromatic rings. The molecule has 0 saturated heterocycles. The summed E-state index contributed by atoms with van der Waals surface area (Å²) in [6, 6.07) is 9.63. The first-order chi connectivity index (χ1) is 19.1. The van der Waals surface area contributed by atoms with Gasteiger partial charge in [0.2, 0.25) is 28.0 Å². The quantitative estimate of drug-likeness (QED) is 0.349. The van der Waals surface area contributed by atoms with E-state index >= 15 is 0 Å². The molecule has 0 radical (unpaired) electrons. The lowest BCUT2D eigenvalue weighted by atomic mass is 10.1. The zero-order chi connectivity index (χ0) is 30.1. The predicted molar refractivity (Wildman–Crippen MR) is 154 cm³/mol. The lowest BCUT2D eigenvalue weighted by molar-refractivity contribution is -0.665. The number of ether oxygens (including phenoxy) is 1. The first-order valence-corrected chi connectivity index (χ1v) is 16.4. The van der Waals surface area contributed by atoms with Crippen LogP contribution < -0.4 is 18.9 Å². The molecule has 1 aromatic heterocycles. The van der Waals surface area contributed by atoms with E-state index in [2.05, 4.69) is 4.36 Å². The number of halogens is 2. The van der Waals surface area contributed by atoms with Crippen molar-refractivity contribution in [2.75, 3.05) is 24.0 Å². The zero-order valence-electron chi connectivity index (χ0n) is 22.0. The molecule has 1 unspecified atom stereocenters. The number of oxazole rings is 1. The molecule has 0 saturated carbocycles. The van der Waals surface area contributed by atoms with Gasteiger partial charge >= 0.3 is 5.89 Å². The van der Waals surface area contributed by atoms with Crippen molar-refractivity contribution in [2.24, 2.45) is 4.36 Å². The summed E-state index contributed by atoms with van der Waals surface area (Å²) in [6.45, 7) is 1.06. The molecular formula is C25H25Cl2N4O8S2+. The molecule has 1 aliphatic rings. The van der Waals surface area contributed by atoms with Crippen molar-refractivity contribution in [3.05, 3.63) is 69.9 Å². The van der Waals surface area contributed by atoms with Gasteiger partial charge in [0, 0.05) is 28.4 Å². The summed E-state index contributed by atoms with van der Waals surface area (Å²) in [5.74, 6) is -0.825. The van der Waals surface area contributed by atoms with Gasteiger partial charge in [-0.15, -0.1) is 8.93 Å². The number of sulfonamides is 1. The number of amides is 2. The van der Waals surface area contributed by atoms with Crippen LogP contribution in [-0.4, -0.2) is 48.1 Å². The summed E-state index contributed by atoms with van der Waals surface area (Å²) in [5, 5.41) is 0.759. The minimum absolute atomic E-state index is 0.208. The Labute approximate surface area is 246 Å². The van der Waals surface area contributed by atoms with Crippen LogP contribution in [0, 0.1) is 0 Å². The summed E-state index contributed by atoms with van der Waals surface area (Å²) in [7, 11) is -7.47. The van der Waals surface area contributed by atoms with E-state index in [-0.39, 0.29) is 18.3 Å². The van der Waals surface area contributed by atoms with Crippen molar-refractivity contribution >= 4 is 77.9 Å². The highest BCUT2D eigenvalue weighted by molar-refractivity contribution is 7.89. The van der Waals surface area contributed by atoms with Crippen molar-refractivity contribution < 1.29 is 40.5 Å². The highest BCUT2D eigenvalue weighted by Gasteiger charge is 2.30. The third-order valence-electron chi connectivity index (χ3n) is 5.58. The molecule has 2 aromatic carbocycles. The Kier molecular flexibility index (Phi) is 8.80. The number of carbonyl (C=O) groups excluding carboxylic acids is 2. The average Bonchev–Trinajstić information content (AvgIpc) is 3.33. The third kappa shape index (κ3) is 7.86. The molecular weight excluding hydrogens is 619 g/mol. The smallest absolute Gasteiger partial charge is 0.374 e. The maximum Gasteiger partial charge on any atom is 0.374 e. The normalized spacial score (nSPS) is 15.9. The maximum absolute atomic E-state index is 12.5. The molecule has 0 bridgehead atoms. The fraction of sp³-hybridized carbons (Fsp3) is 0.240. The van der Waals surface area contributed by atoms with Gasteiger partial charge in [0.05, 0.1) is 18.0 Å². The largest absolute Gasteiger partial charge is 0.439 e. The molecule has 2 heterocycles. The van der Waals surface area contributed by atoms with Gasteiger partial charge in [-0.25, -0.2) is 17.3 Å². The molecule has 218 valence electrons. The maximum atomic E-state index is 12.5. The molecule has 0 spiro atoms. The van der Waals surface area contributed by atoms with Gasteiger partial charge in [-0.3, -0.25) is 14.5 Å². The van der Waals surface area contributed by atoms with Gasteiger partial charge in [-0.1, -0.05) is 30.1 Å². The number of aromatic nitrogens is 1.